The first-order valence-electron chi connectivity index (χ1n) is 5.87. The Labute approximate surface area is 117 Å². The number of anilines is 2. The number of hydrogen-bond acceptors (Lipinski definition) is 6. The van der Waals surface area contributed by atoms with Gasteiger partial charge in [0.2, 0.25) is 10.9 Å². The molecule has 0 saturated heterocycles. The number of thiazole rings is 1. The summed E-state index contributed by atoms with van der Waals surface area (Å²) in [5.74, 6) is 0.751. The van der Waals surface area contributed by atoms with Crippen LogP contribution in [0, 0.1) is 0 Å². The number of ether oxygens (including phenoxy) is 1. The molecule has 0 spiro atoms. The van der Waals surface area contributed by atoms with Gasteiger partial charge in [-0.15, -0.1) is 16.4 Å². The standard InChI is InChI=1S/C12H9N5O2S/c13-11-15-12-17(16-11)8(5-20-12)6-1-2-9-7(3-6)14-10(18)4-19-9/h1-3,5H,4H2,(H2,13,16)(H,14,18). The van der Waals surface area contributed by atoms with Crippen LogP contribution in [0.4, 0.5) is 11.6 Å². The maximum absolute atomic E-state index is 11.4. The van der Waals surface area contributed by atoms with Crippen molar-refractivity contribution in [2.75, 3.05) is 17.7 Å². The van der Waals surface area contributed by atoms with Crippen molar-refractivity contribution >= 4 is 33.8 Å². The molecule has 1 aromatic carbocycles. The minimum Gasteiger partial charge on any atom is -0.482 e. The van der Waals surface area contributed by atoms with Gasteiger partial charge in [-0.05, 0) is 18.2 Å². The molecule has 7 nitrogen and oxygen atoms in total. The number of amides is 1. The van der Waals surface area contributed by atoms with Crippen LogP contribution >= 0.6 is 11.3 Å². The van der Waals surface area contributed by atoms with Gasteiger partial charge in [0, 0.05) is 10.9 Å². The molecular formula is C12H9N5O2S. The number of carbonyl (C=O) groups is 1. The SMILES string of the molecule is Nc1nc2scc(-c3ccc4c(c3)NC(=O)CO4)n2n1. The molecule has 0 radical (unpaired) electrons. The summed E-state index contributed by atoms with van der Waals surface area (Å²) in [4.78, 5) is 16.2. The molecular weight excluding hydrogens is 278 g/mol. The van der Waals surface area contributed by atoms with E-state index >= 15 is 0 Å². The Morgan fingerprint density at radius 1 is 1.45 bits per heavy atom. The second-order valence-electron chi connectivity index (χ2n) is 4.33. The summed E-state index contributed by atoms with van der Waals surface area (Å²) in [7, 11) is 0. The molecule has 3 heterocycles. The molecule has 8 heteroatoms. The van der Waals surface area contributed by atoms with Gasteiger partial charge in [-0.3, -0.25) is 4.79 Å². The number of hydrogen-bond donors (Lipinski definition) is 2. The molecule has 0 atom stereocenters. The molecule has 20 heavy (non-hydrogen) atoms. The fraction of sp³-hybridized carbons (Fsp3) is 0.0833. The van der Waals surface area contributed by atoms with Gasteiger partial charge in [0.25, 0.3) is 5.91 Å². The van der Waals surface area contributed by atoms with Gasteiger partial charge in [0.05, 0.1) is 11.4 Å². The normalized spacial score (nSPS) is 13.9. The van der Waals surface area contributed by atoms with E-state index in [0.717, 1.165) is 16.2 Å². The lowest BCUT2D eigenvalue weighted by atomic mass is 10.1. The minimum absolute atomic E-state index is 0.0503. The molecule has 2 aromatic heterocycles. The topological polar surface area (TPSA) is 94.5 Å². The number of aromatic nitrogens is 3. The molecule has 1 aliphatic rings. The van der Waals surface area contributed by atoms with Crippen LogP contribution < -0.4 is 15.8 Å². The van der Waals surface area contributed by atoms with Crippen LogP contribution in [0.5, 0.6) is 5.75 Å². The molecule has 1 aliphatic heterocycles. The van der Waals surface area contributed by atoms with E-state index in [9.17, 15) is 4.79 Å². The van der Waals surface area contributed by atoms with Crippen molar-refractivity contribution in [2.45, 2.75) is 0 Å². The zero-order chi connectivity index (χ0) is 13.7. The summed E-state index contributed by atoms with van der Waals surface area (Å²) >= 11 is 1.46. The highest BCUT2D eigenvalue weighted by molar-refractivity contribution is 7.15. The van der Waals surface area contributed by atoms with Crippen LogP contribution in [0.3, 0.4) is 0 Å². The highest BCUT2D eigenvalue weighted by Gasteiger charge is 2.18. The average molecular weight is 287 g/mol. The predicted molar refractivity (Wildman–Crippen MR) is 74.8 cm³/mol. The molecule has 3 aromatic rings. The van der Waals surface area contributed by atoms with Gasteiger partial charge in [0.1, 0.15) is 5.75 Å². The van der Waals surface area contributed by atoms with E-state index in [4.69, 9.17) is 10.5 Å². The van der Waals surface area contributed by atoms with E-state index < -0.39 is 0 Å². The summed E-state index contributed by atoms with van der Waals surface area (Å²) in [5.41, 5.74) is 8.04. The zero-order valence-corrected chi connectivity index (χ0v) is 11.0. The van der Waals surface area contributed by atoms with Crippen LogP contribution in [-0.2, 0) is 4.79 Å². The second-order valence-corrected chi connectivity index (χ2v) is 5.17. The number of benzene rings is 1. The maximum atomic E-state index is 11.4. The van der Waals surface area contributed by atoms with Gasteiger partial charge in [-0.25, -0.2) is 4.52 Å². The molecule has 0 fully saturated rings. The van der Waals surface area contributed by atoms with Gasteiger partial charge in [0.15, 0.2) is 6.61 Å². The number of fused-ring (bicyclic) bond motifs is 2. The van der Waals surface area contributed by atoms with Crippen LogP contribution in [0.1, 0.15) is 0 Å². The predicted octanol–water partition coefficient (Wildman–Crippen LogP) is 1.37. The monoisotopic (exact) mass is 287 g/mol. The summed E-state index contributed by atoms with van der Waals surface area (Å²) in [5, 5.41) is 8.88. The first-order valence-corrected chi connectivity index (χ1v) is 6.75. The molecule has 3 N–H and O–H groups in total. The molecule has 0 bridgehead atoms. The molecule has 0 unspecified atom stereocenters. The van der Waals surface area contributed by atoms with Crippen LogP contribution in [-0.4, -0.2) is 27.1 Å². The molecule has 1 amide bonds. The number of nitrogens with zero attached hydrogens (tertiary/aromatic N) is 3. The third kappa shape index (κ3) is 1.62. The third-order valence-electron chi connectivity index (χ3n) is 3.01. The first kappa shape index (κ1) is 11.2. The lowest BCUT2D eigenvalue weighted by Gasteiger charge is -2.18. The Balaban J connectivity index is 1.86. The second kappa shape index (κ2) is 3.94. The Hall–Kier alpha value is -2.61. The van der Waals surface area contributed by atoms with Gasteiger partial charge in [-0.2, -0.15) is 4.98 Å². The van der Waals surface area contributed by atoms with Crippen molar-refractivity contribution in [1.29, 1.82) is 0 Å². The molecule has 0 aliphatic carbocycles. The summed E-state index contributed by atoms with van der Waals surface area (Å²) < 4.78 is 7.02. The quantitative estimate of drug-likeness (QED) is 0.705. The van der Waals surface area contributed by atoms with Crippen molar-refractivity contribution in [3.05, 3.63) is 23.6 Å². The van der Waals surface area contributed by atoms with Crippen molar-refractivity contribution in [1.82, 2.24) is 14.6 Å². The van der Waals surface area contributed by atoms with Crippen molar-refractivity contribution in [2.24, 2.45) is 0 Å². The highest BCUT2D eigenvalue weighted by Crippen LogP contribution is 2.34. The van der Waals surface area contributed by atoms with Crippen molar-refractivity contribution in [3.8, 4) is 17.0 Å². The number of nitrogens with one attached hydrogen (secondary N) is 1. The summed E-state index contributed by atoms with van der Waals surface area (Å²) in [6.45, 7) is 0.0503. The summed E-state index contributed by atoms with van der Waals surface area (Å²) in [6.07, 6.45) is 0. The van der Waals surface area contributed by atoms with E-state index in [0.29, 0.717) is 11.4 Å². The van der Waals surface area contributed by atoms with E-state index in [-0.39, 0.29) is 18.5 Å². The third-order valence-corrected chi connectivity index (χ3v) is 3.82. The Morgan fingerprint density at radius 3 is 3.25 bits per heavy atom. The Morgan fingerprint density at radius 2 is 2.35 bits per heavy atom. The average Bonchev–Trinajstić information content (AvgIpc) is 2.96. The van der Waals surface area contributed by atoms with Crippen molar-refractivity contribution in [3.63, 3.8) is 0 Å². The highest BCUT2D eigenvalue weighted by atomic mass is 32.1. The number of carbonyl (C=O) groups excluding carboxylic acids is 1. The van der Waals surface area contributed by atoms with Crippen LogP contribution in [0.25, 0.3) is 16.2 Å². The van der Waals surface area contributed by atoms with E-state index in [2.05, 4.69) is 15.4 Å². The van der Waals surface area contributed by atoms with Crippen molar-refractivity contribution < 1.29 is 9.53 Å². The Bertz CT molecular complexity index is 838. The van der Waals surface area contributed by atoms with E-state index in [1.165, 1.54) is 11.3 Å². The summed E-state index contributed by atoms with van der Waals surface area (Å²) in [6, 6.07) is 5.59. The molecule has 100 valence electrons. The molecule has 4 rings (SSSR count). The van der Waals surface area contributed by atoms with E-state index in [1.54, 1.807) is 4.52 Å². The fourth-order valence-corrected chi connectivity index (χ4v) is 2.98. The maximum Gasteiger partial charge on any atom is 0.262 e. The van der Waals surface area contributed by atoms with Gasteiger partial charge < -0.3 is 15.8 Å². The lowest BCUT2D eigenvalue weighted by Crippen LogP contribution is -2.25. The number of nitrogen functional groups attached to an aromatic ring is 1. The first-order chi connectivity index (χ1) is 9.70. The largest absolute Gasteiger partial charge is 0.482 e. The minimum atomic E-state index is -0.157. The zero-order valence-electron chi connectivity index (χ0n) is 10.2. The lowest BCUT2D eigenvalue weighted by molar-refractivity contribution is -0.118. The number of nitrogens with two attached hydrogens (primary N) is 1. The molecule has 0 saturated carbocycles. The van der Waals surface area contributed by atoms with Crippen LogP contribution in [0.2, 0.25) is 0 Å². The van der Waals surface area contributed by atoms with E-state index in [1.807, 2.05) is 23.6 Å². The Kier molecular flexibility index (Phi) is 2.21. The van der Waals surface area contributed by atoms with Gasteiger partial charge >= 0.3 is 0 Å². The smallest absolute Gasteiger partial charge is 0.262 e. The number of rotatable bonds is 1. The van der Waals surface area contributed by atoms with Gasteiger partial charge in [-0.1, -0.05) is 0 Å². The van der Waals surface area contributed by atoms with Crippen LogP contribution in [0.15, 0.2) is 23.6 Å². The fourth-order valence-electron chi connectivity index (χ4n) is 2.14.